The van der Waals surface area contributed by atoms with E-state index in [9.17, 15) is 22.8 Å². The summed E-state index contributed by atoms with van der Waals surface area (Å²) in [6.45, 7) is 7.01. The van der Waals surface area contributed by atoms with Crippen LogP contribution in [0.3, 0.4) is 0 Å². The molecule has 1 aromatic carbocycles. The Balaban J connectivity index is 1.55. The van der Waals surface area contributed by atoms with Crippen molar-refractivity contribution >= 4 is 16.9 Å². The average molecular weight is 484 g/mol. The lowest BCUT2D eigenvalue weighted by Gasteiger charge is -2.39. The summed E-state index contributed by atoms with van der Waals surface area (Å²) in [5.74, 6) is -0.376. The van der Waals surface area contributed by atoms with Gasteiger partial charge in [0, 0.05) is 29.7 Å². The SMILES string of the molecule is Cc1cn(-c2ccc3n(c2=O)CC(C)N(C(C)c2coc4cc(C)c(C(F)(F)F)cc24)C3=O)cn1. The molecule has 4 aromatic rings. The first kappa shape index (κ1) is 22.9. The van der Waals surface area contributed by atoms with E-state index in [0.717, 1.165) is 11.8 Å². The minimum Gasteiger partial charge on any atom is -0.464 e. The van der Waals surface area contributed by atoms with E-state index in [1.54, 1.807) is 41.0 Å². The maximum Gasteiger partial charge on any atom is 0.416 e. The molecule has 0 aliphatic carbocycles. The van der Waals surface area contributed by atoms with Crippen LogP contribution in [0.15, 0.2) is 52.3 Å². The number of pyridine rings is 1. The lowest BCUT2D eigenvalue weighted by Crippen LogP contribution is -2.50. The van der Waals surface area contributed by atoms with E-state index >= 15 is 0 Å². The number of imidazole rings is 1. The molecule has 35 heavy (non-hydrogen) atoms. The van der Waals surface area contributed by atoms with Gasteiger partial charge in [0.05, 0.1) is 29.9 Å². The number of hydrogen-bond donors (Lipinski definition) is 0. The van der Waals surface area contributed by atoms with E-state index in [1.807, 2.05) is 13.8 Å². The fourth-order valence-corrected chi connectivity index (χ4v) is 4.90. The molecule has 0 fully saturated rings. The van der Waals surface area contributed by atoms with E-state index in [1.165, 1.54) is 23.8 Å². The number of rotatable bonds is 3. The number of fused-ring (bicyclic) bond motifs is 2. The Hall–Kier alpha value is -3.82. The molecule has 5 rings (SSSR count). The van der Waals surface area contributed by atoms with Gasteiger partial charge in [-0.15, -0.1) is 0 Å². The number of carbonyl (C=O) groups is 1. The summed E-state index contributed by atoms with van der Waals surface area (Å²) in [4.78, 5) is 32.4. The second-order valence-electron chi connectivity index (χ2n) is 9.03. The van der Waals surface area contributed by atoms with Crippen LogP contribution in [0.5, 0.6) is 0 Å². The molecule has 0 radical (unpaired) electrons. The van der Waals surface area contributed by atoms with Crippen molar-refractivity contribution in [2.24, 2.45) is 0 Å². The van der Waals surface area contributed by atoms with Gasteiger partial charge in [-0.25, -0.2) is 4.98 Å². The van der Waals surface area contributed by atoms with E-state index < -0.39 is 17.8 Å². The van der Waals surface area contributed by atoms with Crippen LogP contribution < -0.4 is 5.56 Å². The Morgan fingerprint density at radius 2 is 1.91 bits per heavy atom. The van der Waals surface area contributed by atoms with Crippen molar-refractivity contribution in [3.8, 4) is 5.69 Å². The van der Waals surface area contributed by atoms with Gasteiger partial charge in [0.15, 0.2) is 0 Å². The minimum absolute atomic E-state index is 0.0677. The third-order valence-electron chi connectivity index (χ3n) is 6.64. The summed E-state index contributed by atoms with van der Waals surface area (Å²) in [7, 11) is 0. The molecule has 0 saturated heterocycles. The van der Waals surface area contributed by atoms with Crippen LogP contribution in [0.4, 0.5) is 13.2 Å². The zero-order chi connectivity index (χ0) is 25.2. The molecule has 1 aliphatic rings. The Morgan fingerprint density at radius 1 is 1.17 bits per heavy atom. The monoisotopic (exact) mass is 484 g/mol. The van der Waals surface area contributed by atoms with Crippen LogP contribution >= 0.6 is 0 Å². The van der Waals surface area contributed by atoms with Crippen LogP contribution in [0.25, 0.3) is 16.7 Å². The third kappa shape index (κ3) is 3.64. The van der Waals surface area contributed by atoms with Gasteiger partial charge < -0.3 is 18.5 Å². The fourth-order valence-electron chi connectivity index (χ4n) is 4.90. The number of carbonyl (C=O) groups excluding carboxylic acids is 1. The van der Waals surface area contributed by atoms with Gasteiger partial charge in [0.1, 0.15) is 17.0 Å². The molecule has 1 aliphatic heterocycles. The summed E-state index contributed by atoms with van der Waals surface area (Å²) in [5, 5.41) is 0.309. The van der Waals surface area contributed by atoms with Gasteiger partial charge in [-0.3, -0.25) is 9.59 Å². The minimum atomic E-state index is -4.50. The molecule has 3 aromatic heterocycles. The Bertz CT molecular complexity index is 1530. The maximum atomic E-state index is 13.5. The number of alkyl halides is 3. The van der Waals surface area contributed by atoms with Gasteiger partial charge in [-0.1, -0.05) is 0 Å². The normalized spacial score (nSPS) is 17.2. The van der Waals surface area contributed by atoms with Gasteiger partial charge in [0.2, 0.25) is 0 Å². The number of nitrogens with zero attached hydrogens (tertiary/aromatic N) is 4. The van der Waals surface area contributed by atoms with Crippen molar-refractivity contribution in [3.05, 3.63) is 81.5 Å². The van der Waals surface area contributed by atoms with Gasteiger partial charge in [-0.2, -0.15) is 13.2 Å². The van der Waals surface area contributed by atoms with Crippen LogP contribution in [0.2, 0.25) is 0 Å². The first-order chi connectivity index (χ1) is 16.5. The van der Waals surface area contributed by atoms with Crippen molar-refractivity contribution in [2.45, 2.75) is 52.5 Å². The molecule has 0 N–H and O–H groups in total. The van der Waals surface area contributed by atoms with E-state index in [2.05, 4.69) is 4.98 Å². The molecule has 7 nitrogen and oxygen atoms in total. The smallest absolute Gasteiger partial charge is 0.416 e. The largest absolute Gasteiger partial charge is 0.464 e. The molecule has 182 valence electrons. The van der Waals surface area contributed by atoms with Crippen LogP contribution in [-0.2, 0) is 12.7 Å². The Kier molecular flexibility index (Phi) is 5.15. The molecule has 0 bridgehead atoms. The highest BCUT2D eigenvalue weighted by atomic mass is 19.4. The summed E-state index contributed by atoms with van der Waals surface area (Å²) in [6, 6.07) is 4.65. The second kappa shape index (κ2) is 7.86. The van der Waals surface area contributed by atoms with E-state index in [-0.39, 0.29) is 35.3 Å². The lowest BCUT2D eigenvalue weighted by atomic mass is 9.98. The molecular weight excluding hydrogens is 461 g/mol. The number of hydrogen-bond acceptors (Lipinski definition) is 4. The zero-order valence-electron chi connectivity index (χ0n) is 19.6. The molecular formula is C25H23F3N4O3. The predicted octanol–water partition coefficient (Wildman–Crippen LogP) is 5.02. The lowest BCUT2D eigenvalue weighted by molar-refractivity contribution is -0.137. The topological polar surface area (TPSA) is 73.3 Å². The van der Waals surface area contributed by atoms with E-state index in [0.29, 0.717) is 22.2 Å². The van der Waals surface area contributed by atoms with Gasteiger partial charge in [-0.05, 0) is 57.5 Å². The Labute approximate surface area is 198 Å². The first-order valence-corrected chi connectivity index (χ1v) is 11.1. The summed E-state index contributed by atoms with van der Waals surface area (Å²) in [5.41, 5.74) is 1.18. The molecule has 2 atom stereocenters. The number of aryl methyl sites for hydroxylation is 2. The first-order valence-electron chi connectivity index (χ1n) is 11.1. The maximum absolute atomic E-state index is 13.5. The van der Waals surface area contributed by atoms with Crippen molar-refractivity contribution < 1.29 is 22.4 Å². The molecule has 10 heteroatoms. The molecule has 2 unspecified atom stereocenters. The second-order valence-corrected chi connectivity index (χ2v) is 9.03. The van der Waals surface area contributed by atoms with Crippen LogP contribution in [-0.4, -0.2) is 31.0 Å². The fraction of sp³-hybridized carbons (Fsp3) is 0.320. The summed E-state index contributed by atoms with van der Waals surface area (Å²) >= 11 is 0. The molecule has 1 amide bonds. The van der Waals surface area contributed by atoms with Crippen molar-refractivity contribution in [2.75, 3.05) is 0 Å². The number of amides is 1. The highest BCUT2D eigenvalue weighted by Gasteiger charge is 2.37. The van der Waals surface area contributed by atoms with Crippen molar-refractivity contribution in [3.63, 3.8) is 0 Å². The number of benzene rings is 1. The van der Waals surface area contributed by atoms with Crippen LogP contribution in [0.1, 0.15) is 52.8 Å². The van der Waals surface area contributed by atoms with Gasteiger partial charge in [0.25, 0.3) is 11.5 Å². The van der Waals surface area contributed by atoms with Crippen molar-refractivity contribution in [1.29, 1.82) is 0 Å². The standard InChI is InChI=1S/C25H23F3N4O3/c1-13-7-22-17(8-19(13)25(26,27)28)18(11-35-22)16(4)32-15(3)10-31-21(24(32)34)6-5-20(23(31)33)30-9-14(2)29-12-30/h5-9,11-12,15-16H,10H2,1-4H3. The number of halogens is 3. The van der Waals surface area contributed by atoms with E-state index in [4.69, 9.17) is 4.42 Å². The molecule has 0 spiro atoms. The number of furan rings is 1. The third-order valence-corrected chi connectivity index (χ3v) is 6.64. The highest BCUT2D eigenvalue weighted by Crippen LogP contribution is 2.39. The van der Waals surface area contributed by atoms with Gasteiger partial charge >= 0.3 is 6.18 Å². The quantitative estimate of drug-likeness (QED) is 0.409. The molecule has 0 saturated carbocycles. The Morgan fingerprint density at radius 3 is 2.57 bits per heavy atom. The van der Waals surface area contributed by atoms with Crippen molar-refractivity contribution in [1.82, 2.24) is 19.0 Å². The highest BCUT2D eigenvalue weighted by molar-refractivity contribution is 5.94. The summed E-state index contributed by atoms with van der Waals surface area (Å²) in [6.07, 6.45) is 0.173. The van der Waals surface area contributed by atoms with Crippen LogP contribution in [0, 0.1) is 13.8 Å². The average Bonchev–Trinajstić information content (AvgIpc) is 3.39. The molecule has 4 heterocycles. The zero-order valence-corrected chi connectivity index (χ0v) is 19.6. The number of aromatic nitrogens is 3. The summed E-state index contributed by atoms with van der Waals surface area (Å²) < 4.78 is 49.2. The predicted molar refractivity (Wildman–Crippen MR) is 123 cm³/mol.